The average Bonchev–Trinajstić information content (AvgIpc) is 2.47. The first-order chi connectivity index (χ1) is 9.72. The zero-order chi connectivity index (χ0) is 14.4. The largest absolute Gasteiger partial charge is 0.384 e. The molecule has 2 N–H and O–H groups in total. The van der Waals surface area contributed by atoms with E-state index < -0.39 is 0 Å². The Morgan fingerprint density at radius 2 is 2.25 bits per heavy atom. The lowest BCUT2D eigenvalue weighted by atomic mass is 10.0. The predicted octanol–water partition coefficient (Wildman–Crippen LogP) is 0.776. The number of aliphatic hydroxyl groups excluding tert-OH is 1. The summed E-state index contributed by atoms with van der Waals surface area (Å²) in [5.41, 5.74) is 1.90. The van der Waals surface area contributed by atoms with Crippen molar-refractivity contribution in [3.63, 3.8) is 0 Å². The molecule has 0 saturated heterocycles. The maximum Gasteiger partial charge on any atom is 0.258 e. The lowest BCUT2D eigenvalue weighted by molar-refractivity contribution is 0.102. The number of hydrogen-bond donors (Lipinski definition) is 2. The van der Waals surface area contributed by atoms with E-state index in [1.807, 2.05) is 0 Å². The third-order valence-electron chi connectivity index (χ3n) is 2.59. The summed E-state index contributed by atoms with van der Waals surface area (Å²) in [4.78, 5) is 16.0. The molecule has 2 aromatic rings. The Morgan fingerprint density at radius 3 is 2.95 bits per heavy atom. The molecule has 2 rings (SSSR count). The van der Waals surface area contributed by atoms with Crippen molar-refractivity contribution in [3.8, 4) is 11.8 Å². The van der Waals surface area contributed by atoms with Gasteiger partial charge in [-0.2, -0.15) is 5.10 Å². The van der Waals surface area contributed by atoms with Crippen molar-refractivity contribution in [1.82, 2.24) is 15.2 Å². The van der Waals surface area contributed by atoms with Gasteiger partial charge in [0, 0.05) is 11.1 Å². The minimum Gasteiger partial charge on any atom is -0.384 e. The fourth-order valence-electron chi connectivity index (χ4n) is 1.63. The van der Waals surface area contributed by atoms with Crippen LogP contribution in [-0.2, 0) is 0 Å². The second-order valence-corrected chi connectivity index (χ2v) is 3.86. The number of aliphatic hydroxyl groups is 1. The molecule has 0 spiro atoms. The third kappa shape index (κ3) is 3.16. The predicted molar refractivity (Wildman–Crippen MR) is 72.9 cm³/mol. The molecule has 1 heterocycles. The standard InChI is InChI=1S/C14H12N4O2/c1-10-11(5-3-9-19)4-2-6-12(10)13(20)17-14-15-7-8-16-18-14/h2,4,6-8,19H,9H2,1H3,(H,15,17,18,20). The molecule has 0 bridgehead atoms. The van der Waals surface area contributed by atoms with E-state index in [4.69, 9.17) is 5.11 Å². The van der Waals surface area contributed by atoms with Gasteiger partial charge in [0.15, 0.2) is 0 Å². The molecule has 6 nitrogen and oxygen atoms in total. The van der Waals surface area contributed by atoms with E-state index in [1.54, 1.807) is 25.1 Å². The molecular formula is C14H12N4O2. The molecule has 0 aliphatic carbocycles. The highest BCUT2D eigenvalue weighted by molar-refractivity contribution is 6.04. The number of hydrogen-bond acceptors (Lipinski definition) is 5. The van der Waals surface area contributed by atoms with Crippen LogP contribution >= 0.6 is 0 Å². The fraction of sp³-hybridized carbons (Fsp3) is 0.143. The smallest absolute Gasteiger partial charge is 0.258 e. The van der Waals surface area contributed by atoms with Crippen LogP contribution in [0.2, 0.25) is 0 Å². The summed E-state index contributed by atoms with van der Waals surface area (Å²) in [7, 11) is 0. The van der Waals surface area contributed by atoms with Crippen LogP contribution in [0.5, 0.6) is 0 Å². The molecular weight excluding hydrogens is 256 g/mol. The number of carbonyl (C=O) groups is 1. The molecule has 0 atom stereocenters. The van der Waals surface area contributed by atoms with Crippen LogP contribution in [0.3, 0.4) is 0 Å². The number of amides is 1. The summed E-state index contributed by atoms with van der Waals surface area (Å²) >= 11 is 0. The Kier molecular flexibility index (Phi) is 4.37. The molecule has 0 radical (unpaired) electrons. The van der Waals surface area contributed by atoms with E-state index >= 15 is 0 Å². The molecule has 0 aliphatic rings. The van der Waals surface area contributed by atoms with Gasteiger partial charge in [-0.3, -0.25) is 10.1 Å². The van der Waals surface area contributed by atoms with Gasteiger partial charge in [0.25, 0.3) is 5.91 Å². The Balaban J connectivity index is 2.26. The van der Waals surface area contributed by atoms with Gasteiger partial charge in [0.1, 0.15) is 6.61 Å². The van der Waals surface area contributed by atoms with Gasteiger partial charge in [-0.15, -0.1) is 5.10 Å². The normalized spacial score (nSPS) is 9.50. The fourth-order valence-corrected chi connectivity index (χ4v) is 1.63. The minimum absolute atomic E-state index is 0.142. The summed E-state index contributed by atoms with van der Waals surface area (Å²) in [6.45, 7) is 1.57. The number of aromatic nitrogens is 3. The molecule has 0 aliphatic heterocycles. The van der Waals surface area contributed by atoms with Crippen LogP contribution in [-0.4, -0.2) is 32.8 Å². The monoisotopic (exact) mass is 268 g/mol. The number of rotatable bonds is 2. The van der Waals surface area contributed by atoms with Gasteiger partial charge in [0.2, 0.25) is 5.95 Å². The molecule has 20 heavy (non-hydrogen) atoms. The second-order valence-electron chi connectivity index (χ2n) is 3.86. The van der Waals surface area contributed by atoms with Crippen molar-refractivity contribution in [3.05, 3.63) is 47.3 Å². The number of benzene rings is 1. The summed E-state index contributed by atoms with van der Waals surface area (Å²) in [6.07, 6.45) is 2.87. The van der Waals surface area contributed by atoms with Crippen molar-refractivity contribution >= 4 is 11.9 Å². The quantitative estimate of drug-likeness (QED) is 0.786. The van der Waals surface area contributed by atoms with Gasteiger partial charge in [-0.1, -0.05) is 17.9 Å². The maximum atomic E-state index is 12.1. The zero-order valence-electron chi connectivity index (χ0n) is 10.8. The van der Waals surface area contributed by atoms with E-state index in [0.29, 0.717) is 11.1 Å². The average molecular weight is 268 g/mol. The van der Waals surface area contributed by atoms with Crippen molar-refractivity contribution in [2.24, 2.45) is 0 Å². The topological polar surface area (TPSA) is 88.0 Å². The first kappa shape index (κ1) is 13.6. The van der Waals surface area contributed by atoms with Crippen LogP contribution in [0.1, 0.15) is 21.5 Å². The molecule has 6 heteroatoms. The molecule has 0 saturated carbocycles. The maximum absolute atomic E-state index is 12.1. The SMILES string of the molecule is Cc1c(C#CCO)cccc1C(=O)Nc1nccnn1. The zero-order valence-corrected chi connectivity index (χ0v) is 10.8. The minimum atomic E-state index is -0.330. The van der Waals surface area contributed by atoms with Gasteiger partial charge in [0.05, 0.1) is 12.4 Å². The van der Waals surface area contributed by atoms with Gasteiger partial charge in [-0.05, 0) is 24.6 Å². The lowest BCUT2D eigenvalue weighted by Gasteiger charge is -2.07. The molecule has 1 aromatic heterocycles. The Hall–Kier alpha value is -2.78. The van der Waals surface area contributed by atoms with Gasteiger partial charge in [-0.25, -0.2) is 4.98 Å². The van der Waals surface area contributed by atoms with E-state index in [2.05, 4.69) is 32.3 Å². The summed E-state index contributed by atoms with van der Waals surface area (Å²) in [5, 5.41) is 18.6. The molecule has 1 aromatic carbocycles. The number of nitrogens with zero attached hydrogens (tertiary/aromatic N) is 3. The summed E-state index contributed by atoms with van der Waals surface area (Å²) < 4.78 is 0. The van der Waals surface area contributed by atoms with Crippen molar-refractivity contribution in [1.29, 1.82) is 0 Å². The van der Waals surface area contributed by atoms with Gasteiger partial charge < -0.3 is 5.11 Å². The Labute approximate surface area is 115 Å². The highest BCUT2D eigenvalue weighted by Crippen LogP contribution is 2.14. The number of nitrogens with one attached hydrogen (secondary N) is 1. The van der Waals surface area contributed by atoms with Crippen LogP contribution in [0, 0.1) is 18.8 Å². The highest BCUT2D eigenvalue weighted by Gasteiger charge is 2.12. The van der Waals surface area contributed by atoms with Crippen LogP contribution in [0.15, 0.2) is 30.6 Å². The van der Waals surface area contributed by atoms with Crippen molar-refractivity contribution in [2.75, 3.05) is 11.9 Å². The summed E-state index contributed by atoms with van der Waals surface area (Å²) in [6, 6.07) is 5.20. The van der Waals surface area contributed by atoms with Crippen molar-refractivity contribution < 1.29 is 9.90 Å². The van der Waals surface area contributed by atoms with E-state index in [9.17, 15) is 4.79 Å². The molecule has 0 fully saturated rings. The second kappa shape index (κ2) is 6.41. The number of anilines is 1. The third-order valence-corrected chi connectivity index (χ3v) is 2.59. The van der Waals surface area contributed by atoms with Crippen LogP contribution < -0.4 is 5.32 Å². The first-order valence-corrected chi connectivity index (χ1v) is 5.86. The summed E-state index contributed by atoms with van der Waals surface area (Å²) in [5.74, 6) is 5.17. The number of carbonyl (C=O) groups excluding carboxylic acids is 1. The van der Waals surface area contributed by atoms with E-state index in [0.717, 1.165) is 5.56 Å². The van der Waals surface area contributed by atoms with E-state index in [-0.39, 0.29) is 18.5 Å². The lowest BCUT2D eigenvalue weighted by Crippen LogP contribution is -2.16. The molecule has 1 amide bonds. The van der Waals surface area contributed by atoms with Gasteiger partial charge >= 0.3 is 0 Å². The van der Waals surface area contributed by atoms with Crippen molar-refractivity contribution in [2.45, 2.75) is 6.92 Å². The highest BCUT2D eigenvalue weighted by atomic mass is 16.2. The van der Waals surface area contributed by atoms with Crippen LogP contribution in [0.4, 0.5) is 5.95 Å². The molecule has 100 valence electrons. The molecule has 0 unspecified atom stereocenters. The van der Waals surface area contributed by atoms with E-state index in [1.165, 1.54) is 12.4 Å². The Bertz CT molecular complexity index is 675. The Morgan fingerprint density at radius 1 is 1.40 bits per heavy atom. The van der Waals surface area contributed by atoms with Crippen LogP contribution in [0.25, 0.3) is 0 Å². The first-order valence-electron chi connectivity index (χ1n) is 5.86.